The lowest BCUT2D eigenvalue weighted by atomic mass is 9.81. The smallest absolute Gasteiger partial charge is 0.187 e. The predicted octanol–water partition coefficient (Wildman–Crippen LogP) is 2.78. The molecule has 258 valence electrons. The highest BCUT2D eigenvalue weighted by Crippen LogP contribution is 2.31. The van der Waals surface area contributed by atoms with E-state index in [0.717, 1.165) is 0 Å². The second-order valence-corrected chi connectivity index (χ2v) is 6.17. The SMILES string of the molecule is C.C.C.C.C.C.C.C.C.C.C.C.OCC1C[C@@H](O[C@@H]2OC(CO)[C@@H](O)[C@H](O)C2O)C(O)C(O)[C@@H]1O.OOOO. The highest BCUT2D eigenvalue weighted by Gasteiger charge is 2.48. The van der Waals surface area contributed by atoms with E-state index in [1.54, 1.807) is 0 Å². The molecule has 14 nitrogen and oxygen atoms in total. The van der Waals surface area contributed by atoms with E-state index in [9.17, 15) is 35.7 Å². The average molecular weight is 599 g/mol. The molecule has 0 aromatic rings. The Morgan fingerprint density at radius 1 is 0.513 bits per heavy atom. The molecule has 14 heteroatoms. The van der Waals surface area contributed by atoms with Crippen LogP contribution in [-0.2, 0) is 19.6 Å². The first-order valence-corrected chi connectivity index (χ1v) is 7.96. The molecule has 1 aliphatic carbocycles. The van der Waals surface area contributed by atoms with E-state index in [4.69, 9.17) is 25.1 Å². The van der Waals surface area contributed by atoms with Gasteiger partial charge in [-0.25, -0.2) is 10.5 Å². The van der Waals surface area contributed by atoms with Gasteiger partial charge in [0.25, 0.3) is 0 Å². The van der Waals surface area contributed by atoms with Gasteiger partial charge in [-0.3, -0.25) is 0 Å². The average Bonchev–Trinajstić information content (AvgIpc) is 2.68. The van der Waals surface area contributed by atoms with Gasteiger partial charge in [0.2, 0.25) is 0 Å². The number of aliphatic hydroxyl groups excluding tert-OH is 8. The molecular weight excluding hydrogens is 524 g/mol. The molecule has 39 heavy (non-hydrogen) atoms. The van der Waals surface area contributed by atoms with E-state index in [1.165, 1.54) is 0 Å². The van der Waals surface area contributed by atoms with E-state index >= 15 is 0 Å². The third-order valence-corrected chi connectivity index (χ3v) is 4.52. The fourth-order valence-corrected chi connectivity index (χ4v) is 2.95. The Balaban J connectivity index is -0.0000000428. The van der Waals surface area contributed by atoms with Crippen LogP contribution >= 0.6 is 0 Å². The van der Waals surface area contributed by atoms with Crippen LogP contribution in [0.2, 0.25) is 0 Å². The van der Waals surface area contributed by atoms with Crippen LogP contribution in [-0.4, -0.2) is 120 Å². The number of hydrogen-bond acceptors (Lipinski definition) is 14. The van der Waals surface area contributed by atoms with Crippen LogP contribution in [0.15, 0.2) is 0 Å². The highest BCUT2D eigenvalue weighted by molar-refractivity contribution is 4.95. The Bertz CT molecular complexity index is 382. The van der Waals surface area contributed by atoms with E-state index in [-0.39, 0.29) is 95.5 Å². The summed E-state index contributed by atoms with van der Waals surface area (Å²) < 4.78 is 10.5. The zero-order valence-electron chi connectivity index (χ0n) is 14.0. The van der Waals surface area contributed by atoms with Crippen LogP contribution < -0.4 is 0 Å². The fraction of sp³-hybridized carbons (Fsp3) is 1.00. The van der Waals surface area contributed by atoms with Crippen molar-refractivity contribution in [2.75, 3.05) is 13.2 Å². The third kappa shape index (κ3) is 20.0. The van der Waals surface area contributed by atoms with Crippen LogP contribution in [0.1, 0.15) is 95.5 Å². The first-order chi connectivity index (χ1) is 12.7. The van der Waals surface area contributed by atoms with E-state index < -0.39 is 74.3 Å². The molecule has 0 spiro atoms. The third-order valence-electron chi connectivity index (χ3n) is 4.52. The molecule has 2 aliphatic rings. The number of ether oxygens (including phenoxy) is 2. The molecule has 1 saturated heterocycles. The monoisotopic (exact) mass is 599 g/mol. The van der Waals surface area contributed by atoms with E-state index in [1.807, 2.05) is 0 Å². The van der Waals surface area contributed by atoms with Crippen molar-refractivity contribution in [3.05, 3.63) is 0 Å². The van der Waals surface area contributed by atoms with Crippen LogP contribution in [0, 0.1) is 5.92 Å². The molecule has 5 unspecified atom stereocenters. The molecule has 2 rings (SSSR count). The normalized spacial score (nSPS) is 31.2. The molecule has 0 aromatic carbocycles. The van der Waals surface area contributed by atoms with Crippen molar-refractivity contribution in [3.8, 4) is 0 Å². The van der Waals surface area contributed by atoms with Gasteiger partial charge in [0.15, 0.2) is 6.29 Å². The van der Waals surface area contributed by atoms with E-state index in [0.29, 0.717) is 0 Å². The maximum Gasteiger partial charge on any atom is 0.187 e. The Kier molecular flexibility index (Phi) is 74.0. The summed E-state index contributed by atoms with van der Waals surface area (Å²) in [5.41, 5.74) is 0. The van der Waals surface area contributed by atoms with Gasteiger partial charge in [-0.1, -0.05) is 89.1 Å². The van der Waals surface area contributed by atoms with Crippen LogP contribution in [0.25, 0.3) is 0 Å². The molecular formula is C25H74O14. The zero-order chi connectivity index (χ0) is 20.7. The number of hydrogen-bond donors (Lipinski definition) is 10. The zero-order valence-corrected chi connectivity index (χ0v) is 14.0. The second-order valence-electron chi connectivity index (χ2n) is 6.17. The largest absolute Gasteiger partial charge is 0.396 e. The minimum atomic E-state index is -1.64. The van der Waals surface area contributed by atoms with Gasteiger partial charge in [0.1, 0.15) is 36.6 Å². The summed E-state index contributed by atoms with van der Waals surface area (Å²) in [5.74, 6) is -0.747. The Hall–Kier alpha value is -0.560. The van der Waals surface area contributed by atoms with Gasteiger partial charge >= 0.3 is 0 Å². The van der Waals surface area contributed by atoms with Gasteiger partial charge in [0.05, 0.1) is 18.8 Å². The molecule has 0 amide bonds. The molecule has 1 aliphatic heterocycles. The van der Waals surface area contributed by atoms with Crippen molar-refractivity contribution in [2.24, 2.45) is 5.92 Å². The molecule has 0 radical (unpaired) electrons. The lowest BCUT2D eigenvalue weighted by molar-refractivity contribution is -0.611. The van der Waals surface area contributed by atoms with Gasteiger partial charge in [-0.2, -0.15) is 0 Å². The number of aliphatic hydroxyl groups is 8. The van der Waals surface area contributed by atoms with Crippen molar-refractivity contribution in [1.29, 1.82) is 0 Å². The van der Waals surface area contributed by atoms with Crippen molar-refractivity contribution in [1.82, 2.24) is 0 Å². The minimum Gasteiger partial charge on any atom is -0.396 e. The summed E-state index contributed by atoms with van der Waals surface area (Å²) >= 11 is 0. The van der Waals surface area contributed by atoms with Crippen molar-refractivity contribution in [3.63, 3.8) is 0 Å². The molecule has 10 N–H and O–H groups in total. The molecule has 1 saturated carbocycles. The molecule has 2 fully saturated rings. The Morgan fingerprint density at radius 2 is 0.897 bits per heavy atom. The first kappa shape index (κ1) is 77.1. The summed E-state index contributed by atoms with van der Waals surface area (Å²) in [4.78, 5) is 0. The Morgan fingerprint density at radius 3 is 1.23 bits per heavy atom. The maximum absolute atomic E-state index is 9.96. The molecule has 0 aromatic heterocycles. The van der Waals surface area contributed by atoms with Gasteiger partial charge < -0.3 is 50.3 Å². The first-order valence-electron chi connectivity index (χ1n) is 7.96. The number of rotatable bonds is 5. The minimum absolute atomic E-state index is 0. The van der Waals surface area contributed by atoms with Gasteiger partial charge in [-0.05, 0) is 16.5 Å². The Labute approximate surface area is 241 Å². The van der Waals surface area contributed by atoms with Crippen molar-refractivity contribution < 1.29 is 70.9 Å². The molecule has 1 heterocycles. The van der Waals surface area contributed by atoms with E-state index in [2.05, 4.69) is 10.1 Å². The van der Waals surface area contributed by atoms with Crippen molar-refractivity contribution in [2.45, 2.75) is 151 Å². The molecule has 10 atom stereocenters. The summed E-state index contributed by atoms with van der Waals surface area (Å²) in [7, 11) is 0. The standard InChI is InChI=1S/C13H24O10.12CH4.H2O4/c14-2-4-1-5(8(17)10(19)7(4)16)22-13-12(21)11(20)9(18)6(3-15)23-13;;;;;;;;;;;;;1-3-4-2/h4-21H,1-3H2;12*1H4;1-2H/t4?,5-,6?,7-,8?,9-,10?,11+,12?,13-;;;;;;;;;;;;;/m1............./s1. The van der Waals surface area contributed by atoms with Crippen LogP contribution in [0.5, 0.6) is 0 Å². The fourth-order valence-electron chi connectivity index (χ4n) is 2.95. The van der Waals surface area contributed by atoms with Crippen molar-refractivity contribution >= 4 is 0 Å². The summed E-state index contributed by atoms with van der Waals surface area (Å²) in [5, 5.41) is 96.1. The summed E-state index contributed by atoms with van der Waals surface area (Å²) in [6, 6.07) is 0. The topological polar surface area (TPSA) is 239 Å². The lowest BCUT2D eigenvalue weighted by Gasteiger charge is -2.44. The lowest BCUT2D eigenvalue weighted by Crippen LogP contribution is -2.62. The van der Waals surface area contributed by atoms with Crippen LogP contribution in [0.3, 0.4) is 0 Å². The highest BCUT2D eigenvalue weighted by atomic mass is 17.6. The van der Waals surface area contributed by atoms with Gasteiger partial charge in [0, 0.05) is 12.5 Å². The molecule has 0 bridgehead atoms. The predicted molar refractivity (Wildman–Crippen MR) is 160 cm³/mol. The maximum atomic E-state index is 9.96. The quantitative estimate of drug-likeness (QED) is 0.162. The van der Waals surface area contributed by atoms with Gasteiger partial charge in [-0.15, -0.1) is 0 Å². The summed E-state index contributed by atoms with van der Waals surface area (Å²) in [6.07, 6.45) is -12.9. The second kappa shape index (κ2) is 37.4. The van der Waals surface area contributed by atoms with Crippen LogP contribution in [0.4, 0.5) is 0 Å². The summed E-state index contributed by atoms with van der Waals surface area (Å²) in [6.45, 7) is -1.07.